The number of hydrogen-bond acceptors (Lipinski definition) is 3. The van der Waals surface area contributed by atoms with Crippen LogP contribution in [0.2, 0.25) is 0 Å². The summed E-state index contributed by atoms with van der Waals surface area (Å²) in [5.74, 6) is 0.255. The van der Waals surface area contributed by atoms with E-state index in [2.05, 4.69) is 28.7 Å². The van der Waals surface area contributed by atoms with E-state index in [0.29, 0.717) is 11.5 Å². The van der Waals surface area contributed by atoms with Crippen LogP contribution in [0.15, 0.2) is 47.4 Å². The van der Waals surface area contributed by atoms with Gasteiger partial charge in [-0.25, -0.2) is 17.5 Å². The fourth-order valence-electron chi connectivity index (χ4n) is 3.68. The van der Waals surface area contributed by atoms with Crippen LogP contribution in [0.25, 0.3) is 0 Å². The fourth-order valence-corrected chi connectivity index (χ4v) is 5.13. The summed E-state index contributed by atoms with van der Waals surface area (Å²) < 4.78 is 41.3. The van der Waals surface area contributed by atoms with Crippen molar-refractivity contribution in [3.8, 4) is 0 Å². The summed E-state index contributed by atoms with van der Waals surface area (Å²) in [6.45, 7) is 7.81. The number of halogens is 1. The molecule has 2 aromatic rings. The van der Waals surface area contributed by atoms with Crippen LogP contribution in [0.1, 0.15) is 43.9 Å². The first-order valence-corrected chi connectivity index (χ1v) is 10.9. The highest BCUT2D eigenvalue weighted by Crippen LogP contribution is 2.25. The van der Waals surface area contributed by atoms with E-state index in [9.17, 15) is 12.8 Å². The Bertz CT molecular complexity index is 897. The largest absolute Gasteiger partial charge is 0.371 e. The summed E-state index contributed by atoms with van der Waals surface area (Å²) in [5, 5.41) is 0. The van der Waals surface area contributed by atoms with Crippen molar-refractivity contribution in [2.45, 2.75) is 44.6 Å². The van der Waals surface area contributed by atoms with Crippen LogP contribution in [-0.4, -0.2) is 21.5 Å². The minimum Gasteiger partial charge on any atom is -0.371 e. The van der Waals surface area contributed by atoms with Crippen LogP contribution in [0.4, 0.5) is 10.1 Å². The van der Waals surface area contributed by atoms with Gasteiger partial charge < -0.3 is 4.90 Å². The molecule has 0 radical (unpaired) electrons. The minimum absolute atomic E-state index is 0.106. The van der Waals surface area contributed by atoms with Crippen molar-refractivity contribution in [3.05, 3.63) is 59.4 Å². The van der Waals surface area contributed by atoms with E-state index >= 15 is 0 Å². The number of nitrogens with zero attached hydrogens (tertiary/aromatic N) is 1. The molecule has 4 nitrogen and oxygen atoms in total. The average Bonchev–Trinajstić information content (AvgIpc) is 2.61. The van der Waals surface area contributed by atoms with Crippen LogP contribution < -0.4 is 9.62 Å². The Morgan fingerprint density at radius 2 is 1.89 bits per heavy atom. The molecule has 0 bridgehead atoms. The van der Waals surface area contributed by atoms with E-state index in [0.717, 1.165) is 18.7 Å². The van der Waals surface area contributed by atoms with Gasteiger partial charge in [0.15, 0.2) is 0 Å². The molecule has 2 atom stereocenters. The molecule has 0 unspecified atom stereocenters. The smallest absolute Gasteiger partial charge is 0.241 e. The van der Waals surface area contributed by atoms with Gasteiger partial charge in [0.2, 0.25) is 10.0 Å². The van der Waals surface area contributed by atoms with Crippen molar-refractivity contribution < 1.29 is 12.8 Å². The van der Waals surface area contributed by atoms with E-state index < -0.39 is 15.8 Å². The van der Waals surface area contributed by atoms with Gasteiger partial charge in [-0.1, -0.05) is 19.1 Å². The molecule has 0 spiro atoms. The Hall–Kier alpha value is -1.92. The van der Waals surface area contributed by atoms with Gasteiger partial charge in [-0.15, -0.1) is 0 Å². The van der Waals surface area contributed by atoms with Crippen LogP contribution >= 0.6 is 0 Å². The molecule has 1 aliphatic heterocycles. The lowest BCUT2D eigenvalue weighted by atomic mass is 9.99. The molecule has 0 saturated carbocycles. The summed E-state index contributed by atoms with van der Waals surface area (Å²) >= 11 is 0. The third-order valence-electron chi connectivity index (χ3n) is 5.17. The average molecular weight is 391 g/mol. The van der Waals surface area contributed by atoms with Gasteiger partial charge >= 0.3 is 0 Å². The number of hydrogen-bond donors (Lipinski definition) is 1. The summed E-state index contributed by atoms with van der Waals surface area (Å²) in [6.07, 6.45) is 2.48. The second kappa shape index (κ2) is 7.98. The number of aryl methyl sites for hydroxylation is 1. The zero-order valence-corrected chi connectivity index (χ0v) is 16.9. The Kier molecular flexibility index (Phi) is 5.86. The number of rotatable bonds is 5. The maximum Gasteiger partial charge on any atom is 0.241 e. The molecular weight excluding hydrogens is 363 g/mol. The second-order valence-corrected chi connectivity index (χ2v) is 9.22. The standard InChI is InChI=1S/C21H27FN2O2S/c1-15-5-4-12-24(14-15)20-9-6-18(7-10-20)17(3)23-27(25,26)21-11-8-19(22)13-16(21)2/h6-11,13,15,17,23H,4-5,12,14H2,1-3H3/t15-,17+/m0/s1. The van der Waals surface area contributed by atoms with Crippen LogP contribution in [-0.2, 0) is 10.0 Å². The highest BCUT2D eigenvalue weighted by molar-refractivity contribution is 7.89. The van der Waals surface area contributed by atoms with Gasteiger partial charge in [0, 0.05) is 24.8 Å². The molecule has 27 heavy (non-hydrogen) atoms. The van der Waals surface area contributed by atoms with Gasteiger partial charge in [-0.05, 0) is 74.1 Å². The quantitative estimate of drug-likeness (QED) is 0.823. The van der Waals surface area contributed by atoms with E-state index in [-0.39, 0.29) is 10.9 Å². The van der Waals surface area contributed by atoms with E-state index in [4.69, 9.17) is 0 Å². The van der Waals surface area contributed by atoms with Gasteiger partial charge in [-0.2, -0.15) is 0 Å². The van der Waals surface area contributed by atoms with Crippen LogP contribution in [0.3, 0.4) is 0 Å². The van der Waals surface area contributed by atoms with E-state index in [1.807, 2.05) is 19.1 Å². The normalized spacial score (nSPS) is 19.1. The molecule has 6 heteroatoms. The summed E-state index contributed by atoms with van der Waals surface area (Å²) in [4.78, 5) is 2.49. The fraction of sp³-hybridized carbons (Fsp3) is 0.429. The first-order valence-electron chi connectivity index (χ1n) is 9.39. The molecule has 0 amide bonds. The predicted molar refractivity (Wildman–Crippen MR) is 107 cm³/mol. The topological polar surface area (TPSA) is 49.4 Å². The number of anilines is 1. The van der Waals surface area contributed by atoms with Crippen molar-refractivity contribution >= 4 is 15.7 Å². The highest BCUT2D eigenvalue weighted by Gasteiger charge is 2.21. The summed E-state index contributed by atoms with van der Waals surface area (Å²) in [6, 6.07) is 11.4. The molecule has 1 heterocycles. The first kappa shape index (κ1) is 19.8. The number of benzene rings is 2. The molecule has 1 aliphatic rings. The van der Waals surface area contributed by atoms with Gasteiger partial charge in [-0.3, -0.25) is 0 Å². The third-order valence-corrected chi connectivity index (χ3v) is 6.87. The Morgan fingerprint density at radius 1 is 1.19 bits per heavy atom. The number of sulfonamides is 1. The van der Waals surface area contributed by atoms with Crippen molar-refractivity contribution in [3.63, 3.8) is 0 Å². The minimum atomic E-state index is -3.72. The lowest BCUT2D eigenvalue weighted by molar-refractivity contribution is 0.447. The SMILES string of the molecule is Cc1cc(F)ccc1S(=O)(=O)N[C@H](C)c1ccc(N2CCC[C@H](C)C2)cc1. The van der Waals surface area contributed by atoms with Gasteiger partial charge in [0.1, 0.15) is 5.82 Å². The molecule has 146 valence electrons. The second-order valence-electron chi connectivity index (χ2n) is 7.54. The molecule has 2 aromatic carbocycles. The first-order chi connectivity index (χ1) is 12.8. The molecule has 1 N–H and O–H groups in total. The predicted octanol–water partition coefficient (Wildman–Crippen LogP) is 4.41. The van der Waals surface area contributed by atoms with Crippen molar-refractivity contribution in [1.29, 1.82) is 0 Å². The lowest BCUT2D eigenvalue weighted by Crippen LogP contribution is -2.34. The van der Waals surface area contributed by atoms with Crippen molar-refractivity contribution in [2.75, 3.05) is 18.0 Å². The molecule has 3 rings (SSSR count). The molecule has 1 fully saturated rings. The van der Waals surface area contributed by atoms with Crippen molar-refractivity contribution in [1.82, 2.24) is 4.72 Å². The third kappa shape index (κ3) is 4.68. The zero-order valence-electron chi connectivity index (χ0n) is 16.1. The molecule has 1 saturated heterocycles. The van der Waals surface area contributed by atoms with E-state index in [1.54, 1.807) is 6.92 Å². The zero-order chi connectivity index (χ0) is 19.6. The number of piperidine rings is 1. The van der Waals surface area contributed by atoms with E-state index in [1.165, 1.54) is 36.7 Å². The maximum atomic E-state index is 13.3. The number of nitrogens with one attached hydrogen (secondary N) is 1. The Balaban J connectivity index is 1.73. The Morgan fingerprint density at radius 3 is 2.52 bits per heavy atom. The van der Waals surface area contributed by atoms with Gasteiger partial charge in [0.05, 0.1) is 4.90 Å². The van der Waals surface area contributed by atoms with Crippen molar-refractivity contribution in [2.24, 2.45) is 5.92 Å². The van der Waals surface area contributed by atoms with Gasteiger partial charge in [0.25, 0.3) is 0 Å². The maximum absolute atomic E-state index is 13.3. The Labute approximate surface area is 161 Å². The highest BCUT2D eigenvalue weighted by atomic mass is 32.2. The molecular formula is C21H27FN2O2S. The lowest BCUT2D eigenvalue weighted by Gasteiger charge is -2.33. The van der Waals surface area contributed by atoms with Crippen LogP contribution in [0.5, 0.6) is 0 Å². The molecule has 0 aromatic heterocycles. The molecule has 0 aliphatic carbocycles. The summed E-state index contributed by atoms with van der Waals surface area (Å²) in [5.41, 5.74) is 2.46. The monoisotopic (exact) mass is 390 g/mol. The van der Waals surface area contributed by atoms with Crippen LogP contribution in [0, 0.1) is 18.7 Å². The summed E-state index contributed by atoms with van der Waals surface area (Å²) in [7, 11) is -3.72.